The van der Waals surface area contributed by atoms with E-state index in [4.69, 9.17) is 4.74 Å². The molecule has 0 bridgehead atoms. The number of methoxy groups -OCH3 is 1. The summed E-state index contributed by atoms with van der Waals surface area (Å²) in [5, 5.41) is 2.88. The zero-order chi connectivity index (χ0) is 22.3. The summed E-state index contributed by atoms with van der Waals surface area (Å²) in [6.45, 7) is 2.39. The number of hydrogen-bond donors (Lipinski definition) is 2. The third-order valence-corrected chi connectivity index (χ3v) is 6.21. The Labute approximate surface area is 183 Å². The maximum atomic E-state index is 12.6. The Morgan fingerprint density at radius 3 is 2.45 bits per heavy atom. The zero-order valence-electron chi connectivity index (χ0n) is 17.6. The van der Waals surface area contributed by atoms with E-state index in [2.05, 4.69) is 10.0 Å². The Morgan fingerprint density at radius 1 is 0.968 bits per heavy atom. The number of carbonyl (C=O) groups excluding carboxylic acids is 1. The van der Waals surface area contributed by atoms with E-state index in [-0.39, 0.29) is 10.8 Å². The first-order valence-corrected chi connectivity index (χ1v) is 11.5. The normalized spacial score (nSPS) is 11.0. The van der Waals surface area contributed by atoms with Crippen LogP contribution in [-0.2, 0) is 16.4 Å². The summed E-state index contributed by atoms with van der Waals surface area (Å²) >= 11 is 0. The van der Waals surface area contributed by atoms with Gasteiger partial charge in [0.25, 0.3) is 15.9 Å². The number of anilines is 1. The number of rotatable bonds is 9. The quantitative estimate of drug-likeness (QED) is 0.491. The van der Waals surface area contributed by atoms with Crippen LogP contribution in [0.4, 0.5) is 5.69 Å². The maximum absolute atomic E-state index is 12.6. The van der Waals surface area contributed by atoms with Crippen molar-refractivity contribution in [1.29, 1.82) is 0 Å². The monoisotopic (exact) mass is 438 g/mol. The van der Waals surface area contributed by atoms with E-state index in [0.29, 0.717) is 17.8 Å². The van der Waals surface area contributed by atoms with Gasteiger partial charge < -0.3 is 10.1 Å². The van der Waals surface area contributed by atoms with Crippen LogP contribution in [0.3, 0.4) is 0 Å². The first-order valence-electron chi connectivity index (χ1n) is 9.99. The molecule has 0 saturated heterocycles. The summed E-state index contributed by atoms with van der Waals surface area (Å²) in [5.74, 6) is 0.582. The fourth-order valence-corrected chi connectivity index (χ4v) is 4.20. The summed E-state index contributed by atoms with van der Waals surface area (Å²) < 4.78 is 33.0. The predicted octanol–water partition coefficient (Wildman–Crippen LogP) is 4.17. The highest BCUT2D eigenvalue weighted by atomic mass is 32.2. The predicted molar refractivity (Wildman–Crippen MR) is 122 cm³/mol. The van der Waals surface area contributed by atoms with Crippen LogP contribution in [0.25, 0.3) is 0 Å². The molecule has 7 heteroatoms. The Bertz CT molecular complexity index is 1140. The molecule has 3 aromatic carbocycles. The standard InChI is InChI=1S/C24H26N2O4S/c1-18-12-14-22(15-13-18)31(28,29)26-21-10-5-8-20(17-21)24(27)25-16-6-9-19-7-3-4-11-23(19)30-2/h3-5,7-8,10-15,17,26H,6,9,16H2,1-2H3,(H,25,27). The van der Waals surface area contributed by atoms with Gasteiger partial charge in [0.2, 0.25) is 0 Å². The smallest absolute Gasteiger partial charge is 0.261 e. The molecular weight excluding hydrogens is 412 g/mol. The molecule has 0 heterocycles. The van der Waals surface area contributed by atoms with Crippen molar-refractivity contribution in [3.63, 3.8) is 0 Å². The second kappa shape index (κ2) is 10.1. The Hall–Kier alpha value is -3.32. The van der Waals surface area contributed by atoms with E-state index in [0.717, 1.165) is 29.7 Å². The molecule has 0 aliphatic rings. The van der Waals surface area contributed by atoms with Crippen molar-refractivity contribution in [2.24, 2.45) is 0 Å². The van der Waals surface area contributed by atoms with E-state index < -0.39 is 10.0 Å². The molecule has 0 atom stereocenters. The van der Waals surface area contributed by atoms with Crippen LogP contribution < -0.4 is 14.8 Å². The van der Waals surface area contributed by atoms with E-state index in [1.165, 1.54) is 6.07 Å². The van der Waals surface area contributed by atoms with Gasteiger partial charge in [-0.2, -0.15) is 0 Å². The number of hydrogen-bond acceptors (Lipinski definition) is 4. The minimum Gasteiger partial charge on any atom is -0.496 e. The molecule has 0 aliphatic carbocycles. The largest absolute Gasteiger partial charge is 0.496 e. The number of para-hydroxylation sites is 1. The van der Waals surface area contributed by atoms with Gasteiger partial charge in [0.1, 0.15) is 5.75 Å². The molecule has 0 fully saturated rings. The lowest BCUT2D eigenvalue weighted by Gasteiger charge is -2.11. The maximum Gasteiger partial charge on any atom is 0.261 e. The Morgan fingerprint density at radius 2 is 1.71 bits per heavy atom. The van der Waals surface area contributed by atoms with E-state index in [9.17, 15) is 13.2 Å². The molecule has 162 valence electrons. The fourth-order valence-electron chi connectivity index (χ4n) is 3.15. The lowest BCUT2D eigenvalue weighted by atomic mass is 10.1. The van der Waals surface area contributed by atoms with Gasteiger partial charge in [0, 0.05) is 17.8 Å². The van der Waals surface area contributed by atoms with Crippen LogP contribution in [0.5, 0.6) is 5.75 Å². The van der Waals surface area contributed by atoms with E-state index in [1.807, 2.05) is 31.2 Å². The highest BCUT2D eigenvalue weighted by molar-refractivity contribution is 7.92. The van der Waals surface area contributed by atoms with Gasteiger partial charge >= 0.3 is 0 Å². The van der Waals surface area contributed by atoms with Crippen molar-refractivity contribution >= 4 is 21.6 Å². The second-order valence-corrected chi connectivity index (χ2v) is 8.85. The van der Waals surface area contributed by atoms with Gasteiger partial charge in [-0.1, -0.05) is 42.0 Å². The third-order valence-electron chi connectivity index (χ3n) is 4.81. The lowest BCUT2D eigenvalue weighted by molar-refractivity contribution is 0.0953. The summed E-state index contributed by atoms with van der Waals surface area (Å²) in [7, 11) is -2.08. The molecule has 0 saturated carbocycles. The van der Waals surface area contributed by atoms with Crippen LogP contribution in [0.15, 0.2) is 77.7 Å². The topological polar surface area (TPSA) is 84.5 Å². The summed E-state index contributed by atoms with van der Waals surface area (Å²) in [6.07, 6.45) is 1.53. The SMILES string of the molecule is COc1ccccc1CCCNC(=O)c1cccc(NS(=O)(=O)c2ccc(C)cc2)c1. The molecular formula is C24H26N2O4S. The molecule has 0 aromatic heterocycles. The number of carbonyl (C=O) groups is 1. The van der Waals surface area contributed by atoms with Gasteiger partial charge in [-0.3, -0.25) is 9.52 Å². The number of amides is 1. The van der Waals surface area contributed by atoms with Gasteiger partial charge in [-0.05, 0) is 61.7 Å². The van der Waals surface area contributed by atoms with Crippen LogP contribution >= 0.6 is 0 Å². The van der Waals surface area contributed by atoms with Crippen molar-refractivity contribution in [2.45, 2.75) is 24.7 Å². The first kappa shape index (κ1) is 22.4. The van der Waals surface area contributed by atoms with Crippen molar-refractivity contribution < 1.29 is 17.9 Å². The summed E-state index contributed by atoms with van der Waals surface area (Å²) in [5.41, 5.74) is 2.79. The molecule has 0 spiro atoms. The fraction of sp³-hybridized carbons (Fsp3) is 0.208. The molecule has 6 nitrogen and oxygen atoms in total. The second-order valence-electron chi connectivity index (χ2n) is 7.17. The molecule has 31 heavy (non-hydrogen) atoms. The summed E-state index contributed by atoms with van der Waals surface area (Å²) in [6, 6.07) is 20.8. The van der Waals surface area contributed by atoms with Crippen LogP contribution in [-0.4, -0.2) is 28.0 Å². The van der Waals surface area contributed by atoms with Crippen LogP contribution in [0.2, 0.25) is 0 Å². The number of benzene rings is 3. The highest BCUT2D eigenvalue weighted by Crippen LogP contribution is 2.19. The Balaban J connectivity index is 1.58. The molecule has 3 aromatic rings. The molecule has 0 radical (unpaired) electrons. The third kappa shape index (κ3) is 6.08. The average molecular weight is 439 g/mol. The zero-order valence-corrected chi connectivity index (χ0v) is 18.4. The average Bonchev–Trinajstić information content (AvgIpc) is 2.77. The number of nitrogens with one attached hydrogen (secondary N) is 2. The molecule has 2 N–H and O–H groups in total. The van der Waals surface area contributed by atoms with E-state index in [1.54, 1.807) is 49.6 Å². The van der Waals surface area contributed by atoms with Crippen molar-refractivity contribution in [2.75, 3.05) is 18.4 Å². The van der Waals surface area contributed by atoms with Crippen molar-refractivity contribution in [3.05, 3.63) is 89.5 Å². The van der Waals surface area contributed by atoms with Crippen LogP contribution in [0.1, 0.15) is 27.9 Å². The highest BCUT2D eigenvalue weighted by Gasteiger charge is 2.15. The number of aryl methyl sites for hydroxylation is 2. The van der Waals surface area contributed by atoms with Gasteiger partial charge in [0.15, 0.2) is 0 Å². The van der Waals surface area contributed by atoms with Crippen LogP contribution in [0, 0.1) is 6.92 Å². The molecule has 1 amide bonds. The molecule has 0 aliphatic heterocycles. The van der Waals surface area contributed by atoms with Gasteiger partial charge in [-0.25, -0.2) is 8.42 Å². The molecule has 3 rings (SSSR count). The Kier molecular flexibility index (Phi) is 7.31. The first-order chi connectivity index (χ1) is 14.9. The number of ether oxygens (including phenoxy) is 1. The van der Waals surface area contributed by atoms with Gasteiger partial charge in [-0.15, -0.1) is 0 Å². The van der Waals surface area contributed by atoms with Crippen molar-refractivity contribution in [3.8, 4) is 5.75 Å². The molecule has 0 unspecified atom stereocenters. The van der Waals surface area contributed by atoms with Crippen molar-refractivity contribution in [1.82, 2.24) is 5.32 Å². The number of sulfonamides is 1. The van der Waals surface area contributed by atoms with Gasteiger partial charge in [0.05, 0.1) is 12.0 Å². The van der Waals surface area contributed by atoms with E-state index >= 15 is 0 Å². The lowest BCUT2D eigenvalue weighted by Crippen LogP contribution is -2.25. The summed E-state index contributed by atoms with van der Waals surface area (Å²) in [4.78, 5) is 12.7. The minimum absolute atomic E-state index is 0.171. The minimum atomic E-state index is -3.72.